The Balaban J connectivity index is 1.53. The lowest BCUT2D eigenvalue weighted by Gasteiger charge is -2.44. The number of carbonyl (C=O) groups excluding carboxylic acids is 2. The van der Waals surface area contributed by atoms with Crippen LogP contribution >= 0.6 is 0 Å². The quantitative estimate of drug-likeness (QED) is 0.704. The maximum atomic E-state index is 13.1. The van der Waals surface area contributed by atoms with Crippen molar-refractivity contribution in [3.8, 4) is 28.7 Å². The lowest BCUT2D eigenvalue weighted by molar-refractivity contribution is -0.00746. The molecule has 2 aliphatic rings. The molecule has 0 aromatic heterocycles. The number of carbonyl (C=O) groups is 2. The molecular formula is C24H27NO7. The van der Waals surface area contributed by atoms with Crippen molar-refractivity contribution in [3.63, 3.8) is 0 Å². The highest BCUT2D eigenvalue weighted by atomic mass is 16.5. The van der Waals surface area contributed by atoms with E-state index in [9.17, 15) is 9.59 Å². The summed E-state index contributed by atoms with van der Waals surface area (Å²) in [6, 6.07) is 8.54. The number of nitrogens with zero attached hydrogens (tertiary/aromatic N) is 1. The van der Waals surface area contributed by atoms with Crippen molar-refractivity contribution < 1.29 is 33.3 Å². The normalized spacial score (nSPS) is 16.8. The smallest absolute Gasteiger partial charge is 0.253 e. The molecule has 1 saturated heterocycles. The van der Waals surface area contributed by atoms with Gasteiger partial charge in [0.25, 0.3) is 5.91 Å². The third-order valence-corrected chi connectivity index (χ3v) is 6.19. The second-order valence-electron chi connectivity index (χ2n) is 7.92. The van der Waals surface area contributed by atoms with Gasteiger partial charge in [-0.3, -0.25) is 9.59 Å². The zero-order valence-corrected chi connectivity index (χ0v) is 18.7. The van der Waals surface area contributed by atoms with Crippen molar-refractivity contribution in [1.82, 2.24) is 4.90 Å². The number of amides is 1. The predicted molar refractivity (Wildman–Crippen MR) is 117 cm³/mol. The minimum Gasteiger partial charge on any atom is -0.493 e. The number of hydrogen-bond donors (Lipinski definition) is 0. The van der Waals surface area contributed by atoms with E-state index in [1.165, 1.54) is 14.2 Å². The van der Waals surface area contributed by atoms with E-state index in [0.29, 0.717) is 65.8 Å². The predicted octanol–water partition coefficient (Wildman–Crippen LogP) is 3.36. The van der Waals surface area contributed by atoms with Gasteiger partial charge in [0.15, 0.2) is 28.8 Å². The molecule has 0 unspecified atom stereocenters. The lowest BCUT2D eigenvalue weighted by atomic mass is 9.82. The fraction of sp³-hybridized carbons (Fsp3) is 0.417. The molecule has 1 spiro atoms. The SMILES string of the molecule is COc1ccc(C(=O)N2CCC3(CC2)CC(=O)c2ccc(OC)c(OC)c2O3)cc1OC. The number of fused-ring (bicyclic) bond motifs is 1. The van der Waals surface area contributed by atoms with Crippen LogP contribution in [0.1, 0.15) is 40.0 Å². The molecule has 2 heterocycles. The molecule has 1 fully saturated rings. The number of methoxy groups -OCH3 is 4. The van der Waals surface area contributed by atoms with Crippen molar-refractivity contribution in [2.45, 2.75) is 24.9 Å². The van der Waals surface area contributed by atoms with Crippen LogP contribution in [0.2, 0.25) is 0 Å². The Labute approximate surface area is 187 Å². The van der Waals surface area contributed by atoms with Gasteiger partial charge < -0.3 is 28.6 Å². The summed E-state index contributed by atoms with van der Waals surface area (Å²) < 4.78 is 27.8. The molecular weight excluding hydrogens is 414 g/mol. The third kappa shape index (κ3) is 3.70. The van der Waals surface area contributed by atoms with Gasteiger partial charge in [-0.25, -0.2) is 0 Å². The van der Waals surface area contributed by atoms with Crippen LogP contribution < -0.4 is 23.7 Å². The molecule has 8 heteroatoms. The summed E-state index contributed by atoms with van der Waals surface area (Å²) in [7, 11) is 6.16. The molecule has 1 amide bonds. The minimum absolute atomic E-state index is 0.00636. The largest absolute Gasteiger partial charge is 0.493 e. The maximum absolute atomic E-state index is 13.1. The van der Waals surface area contributed by atoms with E-state index < -0.39 is 5.60 Å². The Morgan fingerprint density at radius 2 is 1.56 bits per heavy atom. The first kappa shape index (κ1) is 21.8. The van der Waals surface area contributed by atoms with Gasteiger partial charge in [0, 0.05) is 31.5 Å². The molecule has 2 aliphatic heterocycles. The molecule has 0 aliphatic carbocycles. The third-order valence-electron chi connectivity index (χ3n) is 6.19. The molecule has 170 valence electrons. The summed E-state index contributed by atoms with van der Waals surface area (Å²) in [5.41, 5.74) is 0.353. The van der Waals surface area contributed by atoms with Crippen molar-refractivity contribution >= 4 is 11.7 Å². The van der Waals surface area contributed by atoms with Gasteiger partial charge in [0.2, 0.25) is 5.75 Å². The second kappa shape index (κ2) is 8.61. The van der Waals surface area contributed by atoms with E-state index in [-0.39, 0.29) is 18.1 Å². The van der Waals surface area contributed by atoms with Gasteiger partial charge in [0.05, 0.1) is 40.4 Å². The van der Waals surface area contributed by atoms with Crippen LogP contribution in [0.5, 0.6) is 28.7 Å². The molecule has 0 radical (unpaired) electrons. The van der Waals surface area contributed by atoms with Gasteiger partial charge in [-0.05, 0) is 30.3 Å². The summed E-state index contributed by atoms with van der Waals surface area (Å²) >= 11 is 0. The van der Waals surface area contributed by atoms with Gasteiger partial charge in [0.1, 0.15) is 5.60 Å². The van der Waals surface area contributed by atoms with Crippen molar-refractivity contribution in [1.29, 1.82) is 0 Å². The highest BCUT2D eigenvalue weighted by Crippen LogP contribution is 2.48. The summed E-state index contributed by atoms with van der Waals surface area (Å²) in [6.07, 6.45) is 1.35. The first-order chi connectivity index (χ1) is 15.4. The Kier molecular flexibility index (Phi) is 5.86. The Morgan fingerprint density at radius 3 is 2.19 bits per heavy atom. The van der Waals surface area contributed by atoms with Gasteiger partial charge in [-0.1, -0.05) is 0 Å². The molecule has 0 saturated carbocycles. The van der Waals surface area contributed by atoms with Crippen LogP contribution in [0.3, 0.4) is 0 Å². The molecule has 32 heavy (non-hydrogen) atoms. The number of benzene rings is 2. The first-order valence-electron chi connectivity index (χ1n) is 10.4. The van der Waals surface area contributed by atoms with Crippen LogP contribution in [0.15, 0.2) is 30.3 Å². The molecule has 0 bridgehead atoms. The van der Waals surface area contributed by atoms with E-state index in [4.69, 9.17) is 23.7 Å². The Bertz CT molecular complexity index is 1040. The number of Topliss-reactive ketones (excluding diaryl/α,β-unsaturated/α-hetero) is 1. The maximum Gasteiger partial charge on any atom is 0.253 e. The molecule has 2 aromatic carbocycles. The Hall–Kier alpha value is -3.42. The van der Waals surface area contributed by atoms with Gasteiger partial charge >= 0.3 is 0 Å². The number of ketones is 1. The summed E-state index contributed by atoms with van der Waals surface area (Å²) in [6.45, 7) is 0.949. The fourth-order valence-electron chi connectivity index (χ4n) is 4.41. The fourth-order valence-corrected chi connectivity index (χ4v) is 4.41. The molecule has 0 atom stereocenters. The van der Waals surface area contributed by atoms with Crippen LogP contribution in [0.25, 0.3) is 0 Å². The number of piperidine rings is 1. The topological polar surface area (TPSA) is 83.5 Å². The van der Waals surface area contributed by atoms with Crippen molar-refractivity contribution in [3.05, 3.63) is 41.5 Å². The highest BCUT2D eigenvalue weighted by molar-refractivity contribution is 6.01. The van der Waals surface area contributed by atoms with Crippen LogP contribution in [-0.2, 0) is 0 Å². The average Bonchev–Trinajstić information content (AvgIpc) is 2.82. The summed E-state index contributed by atoms with van der Waals surface area (Å²) in [4.78, 5) is 27.8. The molecule has 2 aromatic rings. The number of hydrogen-bond acceptors (Lipinski definition) is 7. The van der Waals surface area contributed by atoms with Crippen molar-refractivity contribution in [2.24, 2.45) is 0 Å². The number of rotatable bonds is 5. The molecule has 0 N–H and O–H groups in total. The zero-order valence-electron chi connectivity index (χ0n) is 18.7. The van der Waals surface area contributed by atoms with Crippen LogP contribution in [-0.4, -0.2) is 63.7 Å². The second-order valence-corrected chi connectivity index (χ2v) is 7.92. The summed E-state index contributed by atoms with van der Waals surface area (Å²) in [5.74, 6) is 2.33. The van der Waals surface area contributed by atoms with E-state index in [2.05, 4.69) is 0 Å². The van der Waals surface area contributed by atoms with Crippen molar-refractivity contribution in [2.75, 3.05) is 41.5 Å². The van der Waals surface area contributed by atoms with Gasteiger partial charge in [-0.2, -0.15) is 0 Å². The molecule has 8 nitrogen and oxygen atoms in total. The van der Waals surface area contributed by atoms with Crippen LogP contribution in [0, 0.1) is 0 Å². The number of likely N-dealkylation sites (tertiary alicyclic amines) is 1. The van der Waals surface area contributed by atoms with Crippen LogP contribution in [0.4, 0.5) is 0 Å². The Morgan fingerprint density at radius 1 is 0.906 bits per heavy atom. The standard InChI is InChI=1S/C24H27NO7/c1-28-18-7-5-15(13-20(18)30-3)23(27)25-11-9-24(10-12-25)14-17(26)16-6-8-19(29-2)22(31-4)21(16)32-24/h5-8,13H,9-12,14H2,1-4H3. The highest BCUT2D eigenvalue weighted by Gasteiger charge is 2.45. The van der Waals surface area contributed by atoms with E-state index in [1.54, 1.807) is 49.5 Å². The first-order valence-corrected chi connectivity index (χ1v) is 10.4. The zero-order chi connectivity index (χ0) is 22.9. The summed E-state index contributed by atoms with van der Waals surface area (Å²) in [5, 5.41) is 0. The number of ether oxygens (including phenoxy) is 5. The van der Waals surface area contributed by atoms with E-state index in [0.717, 1.165) is 0 Å². The van der Waals surface area contributed by atoms with Gasteiger partial charge in [-0.15, -0.1) is 0 Å². The molecule has 4 rings (SSSR count). The average molecular weight is 441 g/mol. The lowest BCUT2D eigenvalue weighted by Crippen LogP contribution is -2.52. The minimum atomic E-state index is -0.669. The van der Waals surface area contributed by atoms with E-state index >= 15 is 0 Å². The van der Waals surface area contributed by atoms with E-state index in [1.807, 2.05) is 0 Å². The monoisotopic (exact) mass is 441 g/mol.